The van der Waals surface area contributed by atoms with E-state index in [0.717, 1.165) is 15.8 Å². The molecule has 1 N–H and O–H groups in total. The molecular weight excluding hydrogens is 449 g/mol. The fourth-order valence-electron chi connectivity index (χ4n) is 4.17. The van der Waals surface area contributed by atoms with Crippen LogP contribution in [0.2, 0.25) is 0 Å². The fourth-order valence-corrected chi connectivity index (χ4v) is 4.17. The molecule has 0 spiro atoms. The van der Waals surface area contributed by atoms with Gasteiger partial charge in [-0.05, 0) is 55.3 Å². The van der Waals surface area contributed by atoms with Crippen molar-refractivity contribution in [3.05, 3.63) is 110 Å². The van der Waals surface area contributed by atoms with E-state index in [2.05, 4.69) is 10.4 Å². The van der Waals surface area contributed by atoms with Gasteiger partial charge in [0.25, 0.3) is 5.56 Å². The predicted molar refractivity (Wildman–Crippen MR) is 131 cm³/mol. The molecule has 2 aromatic heterocycles. The number of carbonyl (C=O) groups is 1. The van der Waals surface area contributed by atoms with E-state index in [1.807, 2.05) is 32.0 Å². The van der Waals surface area contributed by atoms with E-state index in [1.54, 1.807) is 36.4 Å². The molecular formula is C26H22FN5O3. The number of nitrogens with zero attached hydrogens (tertiary/aromatic N) is 4. The number of aryl methyl sites for hydroxylation is 2. The van der Waals surface area contributed by atoms with Crippen LogP contribution in [0.4, 0.5) is 10.1 Å². The van der Waals surface area contributed by atoms with Gasteiger partial charge in [-0.3, -0.25) is 14.2 Å². The first-order valence-corrected chi connectivity index (χ1v) is 11.0. The van der Waals surface area contributed by atoms with Gasteiger partial charge >= 0.3 is 5.69 Å². The summed E-state index contributed by atoms with van der Waals surface area (Å²) in [6.07, 6.45) is 0. The normalized spacial score (nSPS) is 11.3. The van der Waals surface area contributed by atoms with Gasteiger partial charge in [-0.15, -0.1) is 5.10 Å². The Bertz CT molecular complexity index is 1710. The SMILES string of the molecule is Cc1ccc(NC(=O)Cn2nc3n(Cc4ccc(F)cc4)c(=O)c4ccccc4n3c2=O)c(C)c1. The fraction of sp³-hybridized carbons (Fsp3) is 0.154. The van der Waals surface area contributed by atoms with E-state index in [0.29, 0.717) is 22.2 Å². The van der Waals surface area contributed by atoms with Crippen LogP contribution in [-0.2, 0) is 17.9 Å². The lowest BCUT2D eigenvalue weighted by Gasteiger charge is -2.09. The number of benzene rings is 3. The highest BCUT2D eigenvalue weighted by Crippen LogP contribution is 2.16. The molecule has 0 atom stereocenters. The summed E-state index contributed by atoms with van der Waals surface area (Å²) in [5.41, 5.74) is 2.81. The van der Waals surface area contributed by atoms with Crippen molar-refractivity contribution in [1.82, 2.24) is 18.7 Å². The maximum Gasteiger partial charge on any atom is 0.352 e. The monoisotopic (exact) mass is 471 g/mol. The van der Waals surface area contributed by atoms with Crippen LogP contribution in [0.15, 0.2) is 76.3 Å². The van der Waals surface area contributed by atoms with Gasteiger partial charge in [-0.2, -0.15) is 0 Å². The quantitative estimate of drug-likeness (QED) is 0.426. The molecule has 3 aromatic carbocycles. The third-order valence-electron chi connectivity index (χ3n) is 5.89. The molecule has 0 aliphatic heterocycles. The number of halogens is 1. The first-order valence-electron chi connectivity index (χ1n) is 11.0. The van der Waals surface area contributed by atoms with E-state index in [4.69, 9.17) is 0 Å². The van der Waals surface area contributed by atoms with Crippen molar-refractivity contribution in [3.63, 3.8) is 0 Å². The smallest absolute Gasteiger partial charge is 0.324 e. The second-order valence-electron chi connectivity index (χ2n) is 8.48. The lowest BCUT2D eigenvalue weighted by Crippen LogP contribution is -2.29. The Labute approximate surface area is 198 Å². The number of nitrogens with one attached hydrogen (secondary N) is 1. The molecule has 8 nitrogen and oxygen atoms in total. The van der Waals surface area contributed by atoms with Crippen LogP contribution in [-0.4, -0.2) is 24.7 Å². The summed E-state index contributed by atoms with van der Waals surface area (Å²) in [5, 5.41) is 7.50. The molecule has 0 fully saturated rings. The Morgan fingerprint density at radius 2 is 1.74 bits per heavy atom. The van der Waals surface area contributed by atoms with E-state index in [-0.39, 0.29) is 30.2 Å². The third kappa shape index (κ3) is 4.12. The molecule has 5 rings (SSSR count). The van der Waals surface area contributed by atoms with Crippen LogP contribution >= 0.6 is 0 Å². The maximum absolute atomic E-state index is 13.4. The van der Waals surface area contributed by atoms with Crippen LogP contribution in [0.3, 0.4) is 0 Å². The molecule has 1 amide bonds. The molecule has 0 saturated carbocycles. The summed E-state index contributed by atoms with van der Waals surface area (Å²) in [4.78, 5) is 39.4. The Kier molecular flexibility index (Phi) is 5.52. The summed E-state index contributed by atoms with van der Waals surface area (Å²) in [5.74, 6) is -0.707. The Hall–Kier alpha value is -4.53. The van der Waals surface area contributed by atoms with E-state index < -0.39 is 11.6 Å². The van der Waals surface area contributed by atoms with Crippen molar-refractivity contribution in [2.75, 3.05) is 5.32 Å². The lowest BCUT2D eigenvalue weighted by molar-refractivity contribution is -0.117. The van der Waals surface area contributed by atoms with Crippen LogP contribution < -0.4 is 16.6 Å². The molecule has 0 unspecified atom stereocenters. The summed E-state index contributed by atoms with van der Waals surface area (Å²) >= 11 is 0. The second kappa shape index (κ2) is 8.68. The van der Waals surface area contributed by atoms with Gasteiger partial charge in [0.2, 0.25) is 11.7 Å². The highest BCUT2D eigenvalue weighted by Gasteiger charge is 2.19. The third-order valence-corrected chi connectivity index (χ3v) is 5.89. The molecule has 0 aliphatic rings. The molecule has 176 valence electrons. The largest absolute Gasteiger partial charge is 0.352 e. The maximum atomic E-state index is 13.4. The van der Waals surface area contributed by atoms with Crippen molar-refractivity contribution >= 4 is 28.3 Å². The standard InChI is InChI=1S/C26H22FN5O3/c1-16-7-12-21(17(2)13-16)28-23(33)15-31-26(35)32-22-6-4-3-5-20(22)24(34)30(25(32)29-31)14-18-8-10-19(27)11-9-18/h3-13H,14-15H2,1-2H3,(H,28,33). The Balaban J connectivity index is 1.60. The summed E-state index contributed by atoms with van der Waals surface area (Å²) in [7, 11) is 0. The first-order chi connectivity index (χ1) is 16.8. The van der Waals surface area contributed by atoms with Gasteiger partial charge in [-0.1, -0.05) is 42.0 Å². The molecule has 0 radical (unpaired) electrons. The van der Waals surface area contributed by atoms with Gasteiger partial charge in [0.15, 0.2) is 0 Å². The molecule has 35 heavy (non-hydrogen) atoms. The number of anilines is 1. The lowest BCUT2D eigenvalue weighted by atomic mass is 10.1. The minimum absolute atomic E-state index is 0.0820. The molecule has 9 heteroatoms. The zero-order valence-corrected chi connectivity index (χ0v) is 19.2. The van der Waals surface area contributed by atoms with Gasteiger partial charge in [0.1, 0.15) is 12.4 Å². The van der Waals surface area contributed by atoms with Crippen LogP contribution in [0.1, 0.15) is 16.7 Å². The molecule has 2 heterocycles. The average Bonchev–Trinajstić information content (AvgIpc) is 3.15. The first kappa shape index (κ1) is 22.3. The number of amides is 1. The van der Waals surface area contributed by atoms with Gasteiger partial charge in [0, 0.05) is 5.69 Å². The number of hydrogen-bond acceptors (Lipinski definition) is 4. The van der Waals surface area contributed by atoms with Gasteiger partial charge in [0.05, 0.1) is 17.4 Å². The number of fused-ring (bicyclic) bond motifs is 3. The van der Waals surface area contributed by atoms with Crippen LogP contribution in [0.25, 0.3) is 16.7 Å². The van der Waals surface area contributed by atoms with Crippen molar-refractivity contribution < 1.29 is 9.18 Å². The Morgan fingerprint density at radius 1 is 1.00 bits per heavy atom. The van der Waals surface area contributed by atoms with E-state index in [9.17, 15) is 18.8 Å². The average molecular weight is 471 g/mol. The molecule has 0 saturated heterocycles. The number of rotatable bonds is 5. The molecule has 0 bridgehead atoms. The predicted octanol–water partition coefficient (Wildman–Crippen LogP) is 3.25. The van der Waals surface area contributed by atoms with Crippen LogP contribution in [0.5, 0.6) is 0 Å². The zero-order chi connectivity index (χ0) is 24.7. The Morgan fingerprint density at radius 3 is 2.49 bits per heavy atom. The number of carbonyl (C=O) groups excluding carboxylic acids is 1. The minimum Gasteiger partial charge on any atom is -0.324 e. The van der Waals surface area contributed by atoms with E-state index >= 15 is 0 Å². The molecule has 0 aliphatic carbocycles. The number of para-hydroxylation sites is 1. The summed E-state index contributed by atoms with van der Waals surface area (Å²) in [6, 6.07) is 18.1. The summed E-state index contributed by atoms with van der Waals surface area (Å²) < 4.78 is 17.1. The number of aromatic nitrogens is 4. The summed E-state index contributed by atoms with van der Waals surface area (Å²) in [6.45, 7) is 3.61. The number of hydrogen-bond donors (Lipinski definition) is 1. The van der Waals surface area contributed by atoms with Crippen molar-refractivity contribution in [2.24, 2.45) is 0 Å². The van der Waals surface area contributed by atoms with Crippen LogP contribution in [0, 0.1) is 19.7 Å². The molecule has 5 aromatic rings. The topological polar surface area (TPSA) is 90.4 Å². The highest BCUT2D eigenvalue weighted by molar-refractivity contribution is 5.91. The van der Waals surface area contributed by atoms with E-state index in [1.165, 1.54) is 21.1 Å². The zero-order valence-electron chi connectivity index (χ0n) is 19.2. The second-order valence-corrected chi connectivity index (χ2v) is 8.48. The van der Waals surface area contributed by atoms with Gasteiger partial charge in [-0.25, -0.2) is 18.3 Å². The van der Waals surface area contributed by atoms with Crippen molar-refractivity contribution in [3.8, 4) is 0 Å². The highest BCUT2D eigenvalue weighted by atomic mass is 19.1. The van der Waals surface area contributed by atoms with Crippen molar-refractivity contribution in [1.29, 1.82) is 0 Å². The minimum atomic E-state index is -0.542. The van der Waals surface area contributed by atoms with Crippen molar-refractivity contribution in [2.45, 2.75) is 26.9 Å². The van der Waals surface area contributed by atoms with Gasteiger partial charge < -0.3 is 5.32 Å².